The van der Waals surface area contributed by atoms with Gasteiger partial charge in [0, 0.05) is 14.2 Å². The maximum Gasteiger partial charge on any atom is 0.360 e. The Balaban J connectivity index is 3.27. The Morgan fingerprint density at radius 2 is 1.65 bits per heavy atom. The lowest BCUT2D eigenvalue weighted by Gasteiger charge is -2.23. The van der Waals surface area contributed by atoms with Crippen molar-refractivity contribution >= 4 is 12.9 Å². The van der Waals surface area contributed by atoms with Crippen LogP contribution in [-0.2, 0) is 19.0 Å². The molecule has 0 amide bonds. The van der Waals surface area contributed by atoms with Gasteiger partial charge in [-0.3, -0.25) is 4.57 Å². The average molecular weight is 256 g/mol. The minimum Gasteiger partial charge on any atom is -0.309 e. The van der Waals surface area contributed by atoms with Gasteiger partial charge in [0.05, 0.1) is 5.30 Å². The summed E-state index contributed by atoms with van der Waals surface area (Å²) >= 11 is 0. The third-order valence-electron chi connectivity index (χ3n) is 2.81. The van der Waals surface area contributed by atoms with Gasteiger partial charge in [0.1, 0.15) is 0 Å². The maximum atomic E-state index is 12.2. The van der Waals surface area contributed by atoms with Crippen molar-refractivity contribution in [2.45, 2.75) is 33.1 Å². The van der Waals surface area contributed by atoms with Crippen LogP contribution in [0.4, 0.5) is 0 Å². The van der Waals surface area contributed by atoms with Gasteiger partial charge in [-0.1, -0.05) is 26.8 Å². The lowest BCUT2D eigenvalue weighted by molar-refractivity contribution is 0.287. The predicted octanol–water partition coefficient (Wildman–Crippen LogP) is 3.40. The molecule has 0 spiro atoms. The van der Waals surface area contributed by atoms with E-state index in [9.17, 15) is 4.57 Å². The van der Waals surface area contributed by atoms with Crippen LogP contribution in [0.15, 0.2) is 18.2 Å². The summed E-state index contributed by atoms with van der Waals surface area (Å²) in [5, 5.41) is 0.605. The molecular weight excluding hydrogens is 235 g/mol. The molecule has 96 valence electrons. The molecule has 0 aliphatic carbocycles. The third-order valence-corrected chi connectivity index (χ3v) is 4.69. The van der Waals surface area contributed by atoms with Crippen LogP contribution in [0.3, 0.4) is 0 Å². The largest absolute Gasteiger partial charge is 0.360 e. The fraction of sp³-hybridized carbons (Fsp3) is 0.538. The average Bonchev–Trinajstić information content (AvgIpc) is 2.26. The molecule has 0 atom stereocenters. The number of hydrogen-bond acceptors (Lipinski definition) is 3. The van der Waals surface area contributed by atoms with Gasteiger partial charge in [0.25, 0.3) is 0 Å². The molecule has 1 rings (SSSR count). The van der Waals surface area contributed by atoms with E-state index in [1.165, 1.54) is 19.8 Å². The molecule has 0 aliphatic rings. The summed E-state index contributed by atoms with van der Waals surface area (Å²) in [6, 6.07) is 5.70. The first-order valence-corrected chi connectivity index (χ1v) is 7.12. The van der Waals surface area contributed by atoms with Crippen LogP contribution in [0.5, 0.6) is 0 Å². The second kappa shape index (κ2) is 4.93. The van der Waals surface area contributed by atoms with Crippen molar-refractivity contribution in [2.75, 3.05) is 14.2 Å². The molecule has 0 saturated carbocycles. The van der Waals surface area contributed by atoms with E-state index in [4.69, 9.17) is 9.05 Å². The zero-order valence-electron chi connectivity index (χ0n) is 11.4. The Morgan fingerprint density at radius 1 is 1.12 bits per heavy atom. The maximum absolute atomic E-state index is 12.2. The molecule has 0 N–H and O–H groups in total. The van der Waals surface area contributed by atoms with E-state index in [1.54, 1.807) is 0 Å². The molecule has 0 radical (unpaired) electrons. The highest BCUT2D eigenvalue weighted by Crippen LogP contribution is 2.45. The third kappa shape index (κ3) is 2.98. The van der Waals surface area contributed by atoms with Gasteiger partial charge >= 0.3 is 7.60 Å². The molecule has 0 fully saturated rings. The minimum absolute atomic E-state index is 0.0761. The second-order valence-electron chi connectivity index (χ2n) is 5.11. The molecule has 0 aliphatic heterocycles. The van der Waals surface area contributed by atoms with Gasteiger partial charge in [-0.2, -0.15) is 0 Å². The summed E-state index contributed by atoms with van der Waals surface area (Å²) < 4.78 is 22.2. The lowest BCUT2D eigenvalue weighted by Crippen LogP contribution is -2.16. The highest BCUT2D eigenvalue weighted by atomic mass is 31.2. The second-order valence-corrected chi connectivity index (χ2v) is 7.35. The first kappa shape index (κ1) is 14.4. The predicted molar refractivity (Wildman–Crippen MR) is 71.1 cm³/mol. The Bertz CT molecular complexity index is 438. The standard InChI is InChI=1S/C13H21O3P/c1-10-9-11(17(14,15-5)16-6)7-8-12(10)13(2,3)4/h7-9H,1-6H3. The topological polar surface area (TPSA) is 35.5 Å². The molecule has 0 bridgehead atoms. The molecule has 0 unspecified atom stereocenters. The Hall–Kier alpha value is -0.630. The molecule has 0 heterocycles. The highest BCUT2D eigenvalue weighted by molar-refractivity contribution is 7.62. The van der Waals surface area contributed by atoms with Crippen molar-refractivity contribution in [1.29, 1.82) is 0 Å². The lowest BCUT2D eigenvalue weighted by atomic mass is 9.84. The molecule has 1 aromatic carbocycles. The summed E-state index contributed by atoms with van der Waals surface area (Å²) in [4.78, 5) is 0. The molecule has 0 aromatic heterocycles. The van der Waals surface area contributed by atoms with E-state index in [0.717, 1.165) is 5.56 Å². The minimum atomic E-state index is -3.13. The fourth-order valence-electron chi connectivity index (χ4n) is 1.95. The van der Waals surface area contributed by atoms with Gasteiger partial charge in [0.15, 0.2) is 0 Å². The molecular formula is C13H21O3P. The summed E-state index contributed by atoms with van der Waals surface area (Å²) in [5.41, 5.74) is 2.41. The van der Waals surface area contributed by atoms with Crippen LogP contribution in [0.1, 0.15) is 31.9 Å². The van der Waals surface area contributed by atoms with Crippen molar-refractivity contribution in [2.24, 2.45) is 0 Å². The molecule has 3 nitrogen and oxygen atoms in total. The zero-order valence-corrected chi connectivity index (χ0v) is 12.3. The molecule has 1 aromatic rings. The number of benzene rings is 1. The quantitative estimate of drug-likeness (QED) is 0.777. The zero-order chi connectivity index (χ0) is 13.3. The van der Waals surface area contributed by atoms with E-state index in [0.29, 0.717) is 5.30 Å². The van der Waals surface area contributed by atoms with Crippen molar-refractivity contribution in [3.63, 3.8) is 0 Å². The van der Waals surface area contributed by atoms with E-state index in [2.05, 4.69) is 20.8 Å². The molecule has 4 heteroatoms. The van der Waals surface area contributed by atoms with Gasteiger partial charge in [0.2, 0.25) is 0 Å². The Morgan fingerprint density at radius 3 is 2.00 bits per heavy atom. The summed E-state index contributed by atoms with van der Waals surface area (Å²) in [7, 11) is -0.332. The van der Waals surface area contributed by atoms with Gasteiger partial charge in [-0.15, -0.1) is 0 Å². The SMILES string of the molecule is COP(=O)(OC)c1ccc(C(C)(C)C)c(C)c1. The van der Waals surface area contributed by atoms with Crippen molar-refractivity contribution in [3.05, 3.63) is 29.3 Å². The first-order valence-electron chi connectivity index (χ1n) is 5.58. The van der Waals surface area contributed by atoms with Crippen LogP contribution in [0.2, 0.25) is 0 Å². The monoisotopic (exact) mass is 256 g/mol. The van der Waals surface area contributed by atoms with E-state index in [1.807, 2.05) is 25.1 Å². The van der Waals surface area contributed by atoms with Crippen LogP contribution in [-0.4, -0.2) is 14.2 Å². The van der Waals surface area contributed by atoms with E-state index in [-0.39, 0.29) is 5.41 Å². The Kier molecular flexibility index (Phi) is 4.19. The number of rotatable bonds is 3. The molecule has 0 saturated heterocycles. The van der Waals surface area contributed by atoms with Crippen molar-refractivity contribution < 1.29 is 13.6 Å². The van der Waals surface area contributed by atoms with Crippen LogP contribution >= 0.6 is 7.60 Å². The van der Waals surface area contributed by atoms with Crippen molar-refractivity contribution in [1.82, 2.24) is 0 Å². The van der Waals surface area contributed by atoms with Crippen molar-refractivity contribution in [3.8, 4) is 0 Å². The van der Waals surface area contributed by atoms with Crippen LogP contribution < -0.4 is 5.30 Å². The first-order chi connectivity index (χ1) is 7.74. The van der Waals surface area contributed by atoms with E-state index < -0.39 is 7.60 Å². The smallest absolute Gasteiger partial charge is 0.309 e. The van der Waals surface area contributed by atoms with Gasteiger partial charge < -0.3 is 9.05 Å². The summed E-state index contributed by atoms with van der Waals surface area (Å²) in [6.45, 7) is 8.48. The normalized spacial score (nSPS) is 12.8. The fourth-order valence-corrected chi connectivity index (χ4v) is 3.12. The van der Waals surface area contributed by atoms with Crippen LogP contribution in [0.25, 0.3) is 0 Å². The van der Waals surface area contributed by atoms with Crippen LogP contribution in [0, 0.1) is 6.92 Å². The molecule has 17 heavy (non-hydrogen) atoms. The summed E-state index contributed by atoms with van der Waals surface area (Å²) in [5.74, 6) is 0. The number of aryl methyl sites for hydroxylation is 1. The van der Waals surface area contributed by atoms with E-state index >= 15 is 0 Å². The van der Waals surface area contributed by atoms with Gasteiger partial charge in [-0.25, -0.2) is 0 Å². The number of hydrogen-bond donors (Lipinski definition) is 0. The highest BCUT2D eigenvalue weighted by Gasteiger charge is 2.26. The Labute approximate surface area is 104 Å². The summed E-state index contributed by atoms with van der Waals surface area (Å²) in [6.07, 6.45) is 0. The van der Waals surface area contributed by atoms with Gasteiger partial charge in [-0.05, 0) is 35.6 Å².